The molecule has 4 rings (SSSR count). The Morgan fingerprint density at radius 1 is 1.28 bits per heavy atom. The van der Waals surface area contributed by atoms with Gasteiger partial charge in [0.25, 0.3) is 11.5 Å². The fourth-order valence-electron chi connectivity index (χ4n) is 4.03. The maximum absolute atomic E-state index is 13.4. The van der Waals surface area contributed by atoms with Crippen molar-refractivity contribution in [3.8, 4) is 0 Å². The van der Waals surface area contributed by atoms with Crippen molar-refractivity contribution < 1.29 is 14.3 Å². The fraction of sp³-hybridized carbons (Fsp3) is 0.476. The summed E-state index contributed by atoms with van der Waals surface area (Å²) in [7, 11) is 1.65. The molecule has 0 spiro atoms. The maximum Gasteiger partial charge on any atom is 0.270 e. The van der Waals surface area contributed by atoms with Gasteiger partial charge in [0.05, 0.1) is 17.6 Å². The molecule has 0 saturated carbocycles. The van der Waals surface area contributed by atoms with E-state index in [2.05, 4.69) is 4.98 Å². The van der Waals surface area contributed by atoms with E-state index in [4.69, 9.17) is 9.47 Å². The minimum atomic E-state index is -0.172. The summed E-state index contributed by atoms with van der Waals surface area (Å²) < 4.78 is 14.3. The monoisotopic (exact) mass is 398 g/mol. The first kappa shape index (κ1) is 19.6. The van der Waals surface area contributed by atoms with Crippen LogP contribution in [-0.2, 0) is 16.0 Å². The second kappa shape index (κ2) is 7.96. The van der Waals surface area contributed by atoms with Gasteiger partial charge >= 0.3 is 0 Å². The zero-order valence-electron chi connectivity index (χ0n) is 17.0. The van der Waals surface area contributed by atoms with Gasteiger partial charge in [-0.25, -0.2) is 4.98 Å². The smallest absolute Gasteiger partial charge is 0.270 e. The minimum absolute atomic E-state index is 0.0274. The number of hydrogen-bond acceptors (Lipinski definition) is 5. The lowest BCUT2D eigenvalue weighted by Gasteiger charge is -2.35. The summed E-state index contributed by atoms with van der Waals surface area (Å²) in [5, 5.41) is 0.448. The standard InChI is InChI=1S/C21H26N4O4/c1-14-12-23(13-15(2)29-14)21(27)17-11-16-19(24(17)9-6-10-28-3)22-18-7-4-5-8-25(18)20(16)26/h4-5,7-8,11,14-15H,6,9-10,12-13H2,1-3H3/t14-,15+. The van der Waals surface area contributed by atoms with E-state index in [9.17, 15) is 9.59 Å². The van der Waals surface area contributed by atoms with E-state index in [0.29, 0.717) is 55.0 Å². The van der Waals surface area contributed by atoms with Crippen LogP contribution >= 0.6 is 0 Å². The van der Waals surface area contributed by atoms with Crippen LogP contribution in [-0.4, -0.2) is 63.8 Å². The molecule has 2 atom stereocenters. The van der Waals surface area contributed by atoms with E-state index in [1.807, 2.05) is 24.5 Å². The Morgan fingerprint density at radius 2 is 2.03 bits per heavy atom. The first-order valence-corrected chi connectivity index (χ1v) is 9.94. The zero-order chi connectivity index (χ0) is 20.5. The normalized spacial score (nSPS) is 19.9. The van der Waals surface area contributed by atoms with Gasteiger partial charge in [0, 0.05) is 39.5 Å². The summed E-state index contributed by atoms with van der Waals surface area (Å²) in [5.74, 6) is -0.101. The van der Waals surface area contributed by atoms with Gasteiger partial charge < -0.3 is 18.9 Å². The highest BCUT2D eigenvalue weighted by Crippen LogP contribution is 2.21. The number of amides is 1. The van der Waals surface area contributed by atoms with Crippen molar-refractivity contribution in [2.24, 2.45) is 0 Å². The summed E-state index contributed by atoms with van der Waals surface area (Å²) in [6.07, 6.45) is 2.35. The lowest BCUT2D eigenvalue weighted by Crippen LogP contribution is -2.48. The molecule has 8 heteroatoms. The van der Waals surface area contributed by atoms with Crippen molar-refractivity contribution in [1.29, 1.82) is 0 Å². The molecular weight excluding hydrogens is 372 g/mol. The van der Waals surface area contributed by atoms with Gasteiger partial charge in [-0.05, 0) is 38.5 Å². The number of pyridine rings is 1. The number of nitrogens with zero attached hydrogens (tertiary/aromatic N) is 4. The lowest BCUT2D eigenvalue weighted by molar-refractivity contribution is -0.0588. The average molecular weight is 398 g/mol. The number of aromatic nitrogens is 3. The summed E-state index contributed by atoms with van der Waals surface area (Å²) in [4.78, 5) is 32.9. The van der Waals surface area contributed by atoms with Crippen LogP contribution in [0.15, 0.2) is 35.3 Å². The van der Waals surface area contributed by atoms with E-state index in [1.54, 1.807) is 36.4 Å². The molecule has 1 aliphatic rings. The Kier molecular flexibility index (Phi) is 5.38. The van der Waals surface area contributed by atoms with Gasteiger partial charge in [-0.2, -0.15) is 0 Å². The van der Waals surface area contributed by atoms with Crippen molar-refractivity contribution in [2.75, 3.05) is 26.8 Å². The van der Waals surface area contributed by atoms with Crippen LogP contribution in [0.5, 0.6) is 0 Å². The van der Waals surface area contributed by atoms with Gasteiger partial charge in [0.1, 0.15) is 17.0 Å². The number of methoxy groups -OCH3 is 1. The molecule has 3 aromatic heterocycles. The third-order valence-corrected chi connectivity index (χ3v) is 5.23. The average Bonchev–Trinajstić information content (AvgIpc) is 3.06. The Morgan fingerprint density at radius 3 is 2.76 bits per heavy atom. The highest BCUT2D eigenvalue weighted by Gasteiger charge is 2.29. The number of aryl methyl sites for hydroxylation is 1. The van der Waals surface area contributed by atoms with Crippen LogP contribution in [0.1, 0.15) is 30.8 Å². The highest BCUT2D eigenvalue weighted by atomic mass is 16.5. The van der Waals surface area contributed by atoms with E-state index in [1.165, 1.54) is 4.40 Å². The molecule has 0 unspecified atom stereocenters. The summed E-state index contributed by atoms with van der Waals surface area (Å²) in [6, 6.07) is 7.11. The molecule has 1 saturated heterocycles. The third kappa shape index (κ3) is 3.65. The number of fused-ring (bicyclic) bond motifs is 2. The van der Waals surface area contributed by atoms with Gasteiger partial charge in [0.15, 0.2) is 0 Å². The van der Waals surface area contributed by atoms with Gasteiger partial charge in [-0.3, -0.25) is 14.0 Å². The van der Waals surface area contributed by atoms with Crippen LogP contribution in [0.2, 0.25) is 0 Å². The van der Waals surface area contributed by atoms with Crippen LogP contribution in [0.4, 0.5) is 0 Å². The minimum Gasteiger partial charge on any atom is -0.385 e. The molecule has 0 radical (unpaired) electrons. The molecule has 4 heterocycles. The van der Waals surface area contributed by atoms with Crippen LogP contribution < -0.4 is 5.56 Å². The Balaban J connectivity index is 1.84. The van der Waals surface area contributed by atoms with E-state index in [-0.39, 0.29) is 23.7 Å². The van der Waals surface area contributed by atoms with Crippen LogP contribution in [0, 0.1) is 0 Å². The molecule has 0 aliphatic carbocycles. The summed E-state index contributed by atoms with van der Waals surface area (Å²) >= 11 is 0. The number of rotatable bonds is 5. The van der Waals surface area contributed by atoms with Crippen molar-refractivity contribution in [2.45, 2.75) is 39.0 Å². The second-order valence-corrected chi connectivity index (χ2v) is 7.58. The zero-order valence-corrected chi connectivity index (χ0v) is 17.0. The quantitative estimate of drug-likeness (QED) is 0.614. The molecule has 8 nitrogen and oxygen atoms in total. The molecule has 0 aromatic carbocycles. The van der Waals surface area contributed by atoms with Crippen molar-refractivity contribution in [1.82, 2.24) is 18.9 Å². The SMILES string of the molecule is COCCCn1c(C(=O)N2C[C@@H](C)O[C@@H](C)C2)cc2c(=O)n3ccccc3nc21. The number of carbonyl (C=O) groups is 1. The molecule has 0 bridgehead atoms. The first-order chi connectivity index (χ1) is 14.0. The maximum atomic E-state index is 13.4. The third-order valence-electron chi connectivity index (χ3n) is 5.23. The number of carbonyl (C=O) groups excluding carboxylic acids is 1. The Bertz CT molecular complexity index is 1090. The molecule has 0 N–H and O–H groups in total. The first-order valence-electron chi connectivity index (χ1n) is 9.94. The molecule has 3 aromatic rings. The van der Waals surface area contributed by atoms with Crippen molar-refractivity contribution >= 4 is 22.6 Å². The fourth-order valence-corrected chi connectivity index (χ4v) is 4.03. The number of hydrogen-bond donors (Lipinski definition) is 0. The van der Waals surface area contributed by atoms with E-state index < -0.39 is 0 Å². The topological polar surface area (TPSA) is 78.1 Å². The van der Waals surface area contributed by atoms with E-state index >= 15 is 0 Å². The summed E-state index contributed by atoms with van der Waals surface area (Å²) in [6.45, 7) is 6.08. The van der Waals surface area contributed by atoms with Crippen LogP contribution in [0.25, 0.3) is 16.7 Å². The molecule has 29 heavy (non-hydrogen) atoms. The highest BCUT2D eigenvalue weighted by molar-refractivity contribution is 5.98. The molecule has 1 fully saturated rings. The molecule has 154 valence electrons. The molecule has 1 aliphatic heterocycles. The molecule has 1 amide bonds. The Hall–Kier alpha value is -2.71. The van der Waals surface area contributed by atoms with E-state index in [0.717, 1.165) is 0 Å². The van der Waals surface area contributed by atoms with Gasteiger partial charge in [0.2, 0.25) is 0 Å². The van der Waals surface area contributed by atoms with Gasteiger partial charge in [-0.15, -0.1) is 0 Å². The lowest BCUT2D eigenvalue weighted by atomic mass is 10.2. The van der Waals surface area contributed by atoms with Crippen molar-refractivity contribution in [3.05, 3.63) is 46.5 Å². The van der Waals surface area contributed by atoms with Crippen LogP contribution in [0.3, 0.4) is 0 Å². The predicted octanol–water partition coefficient (Wildman–Crippen LogP) is 1.94. The number of morpholine rings is 1. The van der Waals surface area contributed by atoms with Crippen molar-refractivity contribution in [3.63, 3.8) is 0 Å². The largest absolute Gasteiger partial charge is 0.385 e. The summed E-state index contributed by atoms with van der Waals surface area (Å²) in [5.41, 5.74) is 1.41. The second-order valence-electron chi connectivity index (χ2n) is 7.58. The number of ether oxygens (including phenoxy) is 2. The Labute approximate surface area is 168 Å². The van der Waals surface area contributed by atoms with Gasteiger partial charge in [-0.1, -0.05) is 6.07 Å². The molecular formula is C21H26N4O4. The predicted molar refractivity (Wildman–Crippen MR) is 109 cm³/mol.